The van der Waals surface area contributed by atoms with Crippen LogP contribution in [0.15, 0.2) is 29.6 Å². The Morgan fingerprint density at radius 2 is 2.29 bits per heavy atom. The van der Waals surface area contributed by atoms with Crippen LogP contribution in [0.2, 0.25) is 0 Å². The van der Waals surface area contributed by atoms with Gasteiger partial charge in [0.15, 0.2) is 5.78 Å². The molecule has 0 radical (unpaired) electrons. The molecule has 0 aliphatic rings. The van der Waals surface area contributed by atoms with Crippen molar-refractivity contribution in [3.05, 3.63) is 35.2 Å². The van der Waals surface area contributed by atoms with Crippen LogP contribution in [0.1, 0.15) is 16.8 Å². The van der Waals surface area contributed by atoms with Crippen LogP contribution in [-0.4, -0.2) is 5.78 Å². The van der Waals surface area contributed by atoms with Crippen LogP contribution >= 0.6 is 11.3 Å². The second kappa shape index (κ2) is 3.60. The Balaban J connectivity index is 2.44. The highest BCUT2D eigenvalue weighted by Gasteiger charge is 2.05. The molecule has 0 saturated heterocycles. The Morgan fingerprint density at radius 1 is 1.43 bits per heavy atom. The molecule has 14 heavy (non-hydrogen) atoms. The van der Waals surface area contributed by atoms with Crippen molar-refractivity contribution in [1.82, 2.24) is 0 Å². The molecule has 0 N–H and O–H groups in total. The molecule has 2 aromatic rings. The maximum Gasteiger partial charge on any atom is 0.176 e. The van der Waals surface area contributed by atoms with Crippen molar-refractivity contribution in [3.63, 3.8) is 0 Å². The number of carbonyl (C=O) groups excluding carboxylic acids is 1. The number of nitrogens with zero attached hydrogens (tertiary/aromatic N) is 1. The molecule has 0 spiro atoms. The summed E-state index contributed by atoms with van der Waals surface area (Å²) in [5.74, 6) is -0.109. The summed E-state index contributed by atoms with van der Waals surface area (Å²) in [4.78, 5) is 11.4. The number of benzene rings is 1. The molecule has 2 nitrogen and oxygen atoms in total. The topological polar surface area (TPSA) is 40.9 Å². The number of ketones is 1. The second-order valence-corrected chi connectivity index (χ2v) is 3.88. The van der Waals surface area contributed by atoms with Crippen LogP contribution in [0.25, 0.3) is 10.1 Å². The average Bonchev–Trinajstić information content (AvgIpc) is 2.64. The molecule has 68 valence electrons. The van der Waals surface area contributed by atoms with Crippen LogP contribution < -0.4 is 0 Å². The van der Waals surface area contributed by atoms with Gasteiger partial charge in [0, 0.05) is 10.3 Å². The summed E-state index contributed by atoms with van der Waals surface area (Å²) in [6.45, 7) is 0. The van der Waals surface area contributed by atoms with E-state index in [2.05, 4.69) is 0 Å². The summed E-state index contributed by atoms with van der Waals surface area (Å²) in [6.07, 6.45) is -0.0448. The maximum absolute atomic E-state index is 11.4. The molecular weight excluding hydrogens is 194 g/mol. The Kier molecular flexibility index (Phi) is 2.30. The maximum atomic E-state index is 11.4. The molecule has 0 unspecified atom stereocenters. The molecule has 1 aromatic heterocycles. The van der Waals surface area contributed by atoms with Gasteiger partial charge < -0.3 is 0 Å². The lowest BCUT2D eigenvalue weighted by atomic mass is 10.1. The van der Waals surface area contributed by atoms with Gasteiger partial charge in [-0.1, -0.05) is 12.1 Å². The van der Waals surface area contributed by atoms with E-state index in [0.29, 0.717) is 5.56 Å². The second-order valence-electron chi connectivity index (χ2n) is 2.93. The number of thiophene rings is 1. The lowest BCUT2D eigenvalue weighted by molar-refractivity contribution is 0.0998. The third-order valence-electron chi connectivity index (χ3n) is 2.02. The molecular formula is C11H7NOS. The third-order valence-corrected chi connectivity index (χ3v) is 2.90. The zero-order valence-electron chi connectivity index (χ0n) is 7.36. The fourth-order valence-corrected chi connectivity index (χ4v) is 2.13. The number of nitriles is 1. The molecule has 1 heterocycles. The Hall–Kier alpha value is -1.66. The minimum absolute atomic E-state index is 0.0448. The first-order valence-electron chi connectivity index (χ1n) is 4.18. The lowest BCUT2D eigenvalue weighted by Gasteiger charge is -1.96. The van der Waals surface area contributed by atoms with E-state index in [1.54, 1.807) is 17.4 Å². The predicted octanol–water partition coefficient (Wildman–Crippen LogP) is 3.00. The standard InChI is InChI=1S/C11H7NOS/c12-5-3-10(13)9-2-1-8-4-6-14-11(8)7-9/h1-2,4,6-7H,3H2. The highest BCUT2D eigenvalue weighted by molar-refractivity contribution is 7.17. The summed E-state index contributed by atoms with van der Waals surface area (Å²) in [6, 6.07) is 9.41. The fourth-order valence-electron chi connectivity index (χ4n) is 1.30. The molecule has 0 aliphatic carbocycles. The van der Waals surface area contributed by atoms with E-state index in [-0.39, 0.29) is 12.2 Å². The largest absolute Gasteiger partial charge is 0.293 e. The van der Waals surface area contributed by atoms with Gasteiger partial charge in [-0.25, -0.2) is 0 Å². The van der Waals surface area contributed by atoms with E-state index >= 15 is 0 Å². The van der Waals surface area contributed by atoms with Crippen molar-refractivity contribution in [3.8, 4) is 6.07 Å². The summed E-state index contributed by atoms with van der Waals surface area (Å²) in [5, 5.41) is 11.5. The van der Waals surface area contributed by atoms with Crippen molar-refractivity contribution < 1.29 is 4.79 Å². The first kappa shape index (κ1) is 8.92. The van der Waals surface area contributed by atoms with Gasteiger partial charge in [0.1, 0.15) is 0 Å². The SMILES string of the molecule is N#CCC(=O)c1ccc2ccsc2c1. The van der Waals surface area contributed by atoms with Crippen molar-refractivity contribution in [2.24, 2.45) is 0 Å². The van der Waals surface area contributed by atoms with Crippen LogP contribution in [0, 0.1) is 11.3 Å². The van der Waals surface area contributed by atoms with Crippen LogP contribution in [0.4, 0.5) is 0 Å². The zero-order valence-corrected chi connectivity index (χ0v) is 8.17. The summed E-state index contributed by atoms with van der Waals surface area (Å²) in [7, 11) is 0. The number of hydrogen-bond donors (Lipinski definition) is 0. The molecule has 0 amide bonds. The number of hydrogen-bond acceptors (Lipinski definition) is 3. The van der Waals surface area contributed by atoms with Crippen LogP contribution in [-0.2, 0) is 0 Å². The first-order valence-corrected chi connectivity index (χ1v) is 5.06. The van der Waals surface area contributed by atoms with Crippen LogP contribution in [0.5, 0.6) is 0 Å². The number of carbonyl (C=O) groups is 1. The molecule has 0 atom stereocenters. The normalized spacial score (nSPS) is 9.93. The molecule has 0 aliphatic heterocycles. The third kappa shape index (κ3) is 1.52. The average molecular weight is 201 g/mol. The van der Waals surface area contributed by atoms with Gasteiger partial charge in [-0.15, -0.1) is 11.3 Å². The van der Waals surface area contributed by atoms with Gasteiger partial charge in [0.05, 0.1) is 12.5 Å². The van der Waals surface area contributed by atoms with Crippen molar-refractivity contribution in [2.45, 2.75) is 6.42 Å². The summed E-state index contributed by atoms with van der Waals surface area (Å²) >= 11 is 1.60. The van der Waals surface area contributed by atoms with Gasteiger partial charge in [-0.2, -0.15) is 5.26 Å². The summed E-state index contributed by atoms with van der Waals surface area (Å²) in [5.41, 5.74) is 0.626. The van der Waals surface area contributed by atoms with E-state index in [1.165, 1.54) is 0 Å². The van der Waals surface area contributed by atoms with E-state index in [4.69, 9.17) is 5.26 Å². The molecule has 3 heteroatoms. The molecule has 0 bridgehead atoms. The van der Waals surface area contributed by atoms with E-state index in [9.17, 15) is 4.79 Å². The zero-order chi connectivity index (χ0) is 9.97. The molecule has 0 fully saturated rings. The highest BCUT2D eigenvalue weighted by atomic mass is 32.1. The number of fused-ring (bicyclic) bond motifs is 1. The van der Waals surface area contributed by atoms with Crippen molar-refractivity contribution >= 4 is 27.2 Å². The van der Waals surface area contributed by atoms with Crippen LogP contribution in [0.3, 0.4) is 0 Å². The number of rotatable bonds is 2. The minimum atomic E-state index is -0.109. The minimum Gasteiger partial charge on any atom is -0.293 e. The van der Waals surface area contributed by atoms with Crippen molar-refractivity contribution in [1.29, 1.82) is 5.26 Å². The van der Waals surface area contributed by atoms with Gasteiger partial charge in [0.25, 0.3) is 0 Å². The lowest BCUT2D eigenvalue weighted by Crippen LogP contribution is -1.95. The highest BCUT2D eigenvalue weighted by Crippen LogP contribution is 2.22. The monoisotopic (exact) mass is 201 g/mol. The van der Waals surface area contributed by atoms with Gasteiger partial charge in [-0.05, 0) is 22.9 Å². The van der Waals surface area contributed by atoms with E-state index < -0.39 is 0 Å². The van der Waals surface area contributed by atoms with Crippen molar-refractivity contribution in [2.75, 3.05) is 0 Å². The predicted molar refractivity (Wildman–Crippen MR) is 56.4 cm³/mol. The van der Waals surface area contributed by atoms with E-state index in [1.807, 2.05) is 29.6 Å². The Bertz CT molecular complexity index is 521. The first-order chi connectivity index (χ1) is 6.81. The quantitative estimate of drug-likeness (QED) is 0.701. The van der Waals surface area contributed by atoms with Gasteiger partial charge in [0.2, 0.25) is 0 Å². The molecule has 1 aromatic carbocycles. The smallest absolute Gasteiger partial charge is 0.176 e. The molecule has 0 saturated carbocycles. The molecule has 2 rings (SSSR count). The van der Waals surface area contributed by atoms with E-state index in [0.717, 1.165) is 10.1 Å². The fraction of sp³-hybridized carbons (Fsp3) is 0.0909. The summed E-state index contributed by atoms with van der Waals surface area (Å²) < 4.78 is 1.09. The van der Waals surface area contributed by atoms with Gasteiger partial charge in [-0.3, -0.25) is 4.79 Å². The Morgan fingerprint density at radius 3 is 3.07 bits per heavy atom. The van der Waals surface area contributed by atoms with Gasteiger partial charge >= 0.3 is 0 Å². The number of Topliss-reactive ketones (excluding diaryl/α,β-unsaturated/α-hetero) is 1. The Labute approximate surface area is 85.4 Å².